The van der Waals surface area contributed by atoms with Crippen LogP contribution in [0, 0.1) is 11.3 Å². The molecule has 1 aromatic carbocycles. The van der Waals surface area contributed by atoms with Crippen LogP contribution in [0.25, 0.3) is 0 Å². The zero-order valence-corrected chi connectivity index (χ0v) is 34.6. The number of hydrogen-bond acceptors (Lipinski definition) is 7. The number of benzene rings is 1. The molecular weight excluding hydrogens is 612 g/mol. The van der Waals surface area contributed by atoms with Gasteiger partial charge in [-0.25, -0.2) is 0 Å². The van der Waals surface area contributed by atoms with Crippen LogP contribution in [0.2, 0.25) is 0 Å². The molecule has 2 aliphatic heterocycles. The highest BCUT2D eigenvalue weighted by atomic mass is 16.6. The van der Waals surface area contributed by atoms with Crippen LogP contribution >= 0.6 is 0 Å². The molecule has 0 amide bonds. The second-order valence-corrected chi connectivity index (χ2v) is 20.5. The third kappa shape index (κ3) is 8.86. The zero-order chi connectivity index (χ0) is 37.9. The monoisotopic (exact) mass is 685 g/mol. The van der Waals surface area contributed by atoms with E-state index in [1.807, 2.05) is 13.8 Å². The van der Waals surface area contributed by atoms with Crippen molar-refractivity contribution in [2.24, 2.45) is 11.3 Å². The SMILES string of the molecule is CCC(C)(Cc1cc(C(C)(C)C)c(O)c(C(C)(C)C)c1)C(C(=O)OC1CC(C)(C)N(C)C(C)(C)C1)C(=O)OC1CC(C)(C)N(C)C(C)(C)C1. The Morgan fingerprint density at radius 1 is 0.714 bits per heavy atom. The molecule has 49 heavy (non-hydrogen) atoms. The van der Waals surface area contributed by atoms with Gasteiger partial charge >= 0.3 is 11.9 Å². The summed E-state index contributed by atoms with van der Waals surface area (Å²) in [5.41, 5.74) is 0.586. The lowest BCUT2D eigenvalue weighted by Gasteiger charge is -2.53. The van der Waals surface area contributed by atoms with E-state index in [4.69, 9.17) is 9.47 Å². The number of nitrogens with zero attached hydrogens (tertiary/aromatic N) is 2. The summed E-state index contributed by atoms with van der Waals surface area (Å²) in [5.74, 6) is -1.78. The molecule has 280 valence electrons. The van der Waals surface area contributed by atoms with Crippen LogP contribution in [-0.4, -0.2) is 75.3 Å². The summed E-state index contributed by atoms with van der Waals surface area (Å²) < 4.78 is 12.9. The third-order valence-corrected chi connectivity index (χ3v) is 12.5. The fourth-order valence-electron chi connectivity index (χ4n) is 8.69. The maximum absolute atomic E-state index is 14.6. The van der Waals surface area contributed by atoms with Gasteiger partial charge in [-0.3, -0.25) is 19.4 Å². The first-order valence-corrected chi connectivity index (χ1v) is 18.6. The Hall–Kier alpha value is -2.12. The molecular formula is C42H72N2O5. The van der Waals surface area contributed by atoms with Crippen molar-refractivity contribution in [1.29, 1.82) is 0 Å². The molecule has 0 saturated carbocycles. The minimum Gasteiger partial charge on any atom is -0.507 e. The van der Waals surface area contributed by atoms with E-state index in [1.165, 1.54) is 0 Å². The molecule has 2 heterocycles. The summed E-state index contributed by atoms with van der Waals surface area (Å²) in [5, 5.41) is 11.4. The Labute approximate surface area is 299 Å². The van der Waals surface area contributed by atoms with Gasteiger partial charge in [-0.15, -0.1) is 0 Å². The van der Waals surface area contributed by atoms with Gasteiger partial charge in [0, 0.05) is 47.8 Å². The first-order chi connectivity index (χ1) is 21.9. The molecule has 0 aromatic heterocycles. The van der Waals surface area contributed by atoms with E-state index in [0.29, 0.717) is 44.3 Å². The summed E-state index contributed by atoms with van der Waals surface area (Å²) in [6.45, 7) is 34.2. The van der Waals surface area contributed by atoms with Crippen LogP contribution in [0.15, 0.2) is 12.1 Å². The van der Waals surface area contributed by atoms with E-state index < -0.39 is 23.3 Å². The number of hydrogen-bond donors (Lipinski definition) is 1. The Morgan fingerprint density at radius 3 is 1.29 bits per heavy atom. The van der Waals surface area contributed by atoms with Gasteiger partial charge in [0.25, 0.3) is 0 Å². The highest BCUT2D eigenvalue weighted by Crippen LogP contribution is 2.45. The average molecular weight is 685 g/mol. The van der Waals surface area contributed by atoms with Crippen LogP contribution < -0.4 is 0 Å². The van der Waals surface area contributed by atoms with Gasteiger partial charge in [-0.2, -0.15) is 0 Å². The van der Waals surface area contributed by atoms with Crippen LogP contribution in [0.3, 0.4) is 0 Å². The van der Waals surface area contributed by atoms with E-state index in [-0.39, 0.29) is 45.2 Å². The molecule has 0 spiro atoms. The molecule has 2 fully saturated rings. The van der Waals surface area contributed by atoms with E-state index in [2.05, 4.69) is 133 Å². The van der Waals surface area contributed by atoms with Crippen LogP contribution in [0.1, 0.15) is 160 Å². The first kappa shape index (κ1) is 41.3. The van der Waals surface area contributed by atoms with Crippen molar-refractivity contribution >= 4 is 11.9 Å². The van der Waals surface area contributed by atoms with Gasteiger partial charge in [0.15, 0.2) is 5.92 Å². The summed E-state index contributed by atoms with van der Waals surface area (Å²) in [6, 6.07) is 4.13. The predicted octanol–water partition coefficient (Wildman–Crippen LogP) is 8.95. The molecule has 1 N–H and O–H groups in total. The van der Waals surface area contributed by atoms with E-state index in [9.17, 15) is 14.7 Å². The third-order valence-electron chi connectivity index (χ3n) is 12.5. The number of aromatic hydroxyl groups is 1. The van der Waals surface area contributed by atoms with Gasteiger partial charge in [-0.05, 0) is 115 Å². The zero-order valence-electron chi connectivity index (χ0n) is 34.6. The molecule has 7 nitrogen and oxygen atoms in total. The Bertz CT molecular complexity index is 1250. The molecule has 2 aliphatic rings. The smallest absolute Gasteiger partial charge is 0.321 e. The average Bonchev–Trinajstić information content (AvgIpc) is 2.89. The van der Waals surface area contributed by atoms with Crippen molar-refractivity contribution in [3.8, 4) is 5.75 Å². The van der Waals surface area contributed by atoms with E-state index >= 15 is 0 Å². The summed E-state index contributed by atoms with van der Waals surface area (Å²) in [6.07, 6.45) is 3.11. The minimum atomic E-state index is -1.11. The second-order valence-electron chi connectivity index (χ2n) is 20.5. The van der Waals surface area contributed by atoms with Gasteiger partial charge in [0.05, 0.1) is 0 Å². The number of ether oxygens (including phenoxy) is 2. The highest BCUT2D eigenvalue weighted by Gasteiger charge is 2.51. The lowest BCUT2D eigenvalue weighted by atomic mass is 9.69. The Balaban J connectivity index is 2.11. The number of piperidine rings is 2. The minimum absolute atomic E-state index is 0.180. The molecule has 0 radical (unpaired) electrons. The maximum atomic E-state index is 14.6. The van der Waals surface area contributed by atoms with Crippen LogP contribution in [-0.2, 0) is 36.3 Å². The lowest BCUT2D eigenvalue weighted by molar-refractivity contribution is -0.183. The number of carbonyl (C=O) groups excluding carboxylic acids is 2. The van der Waals surface area contributed by atoms with Gasteiger partial charge in [0.2, 0.25) is 0 Å². The molecule has 7 heteroatoms. The van der Waals surface area contributed by atoms with Crippen molar-refractivity contribution < 1.29 is 24.2 Å². The number of carbonyl (C=O) groups is 2. The largest absolute Gasteiger partial charge is 0.507 e. The number of rotatable bonds is 8. The predicted molar refractivity (Wildman–Crippen MR) is 201 cm³/mol. The van der Waals surface area contributed by atoms with Crippen LogP contribution in [0.5, 0.6) is 5.75 Å². The molecule has 0 bridgehead atoms. The maximum Gasteiger partial charge on any atom is 0.321 e. The number of likely N-dealkylation sites (tertiary alicyclic amines) is 2. The molecule has 1 atom stereocenters. The van der Waals surface area contributed by atoms with Gasteiger partial charge in [-0.1, -0.05) is 67.5 Å². The molecule has 2 saturated heterocycles. The van der Waals surface area contributed by atoms with Gasteiger partial charge in [0.1, 0.15) is 18.0 Å². The molecule has 3 rings (SSSR count). The fourth-order valence-corrected chi connectivity index (χ4v) is 8.69. The highest BCUT2D eigenvalue weighted by molar-refractivity contribution is 5.96. The van der Waals surface area contributed by atoms with Crippen molar-refractivity contribution in [1.82, 2.24) is 9.80 Å². The second kappa shape index (κ2) is 13.5. The summed E-state index contributed by atoms with van der Waals surface area (Å²) in [4.78, 5) is 34.0. The fraction of sp³-hybridized carbons (Fsp3) is 0.810. The standard InChI is InChI=1S/C42H72N2O5/c1-19-42(16,22-27-20-30(36(2,3)4)33(45)31(21-27)37(5,6)7)32(34(46)48-28-23-38(8,9)43(17)39(10,11)24-28)35(47)49-29-25-40(12,13)44(18)41(14,15)26-29/h20-21,28-29,32,45H,19,22-26H2,1-18H3. The normalized spacial score (nSPS) is 23.2. The lowest BCUT2D eigenvalue weighted by Crippen LogP contribution is -2.61. The van der Waals surface area contributed by atoms with Gasteiger partial charge < -0.3 is 14.6 Å². The van der Waals surface area contributed by atoms with Crippen molar-refractivity contribution in [3.05, 3.63) is 28.8 Å². The summed E-state index contributed by atoms with van der Waals surface area (Å²) in [7, 11) is 4.26. The van der Waals surface area contributed by atoms with Crippen LogP contribution in [0.4, 0.5) is 0 Å². The van der Waals surface area contributed by atoms with E-state index in [0.717, 1.165) is 16.7 Å². The number of esters is 2. The quantitative estimate of drug-likeness (QED) is 0.216. The first-order valence-electron chi connectivity index (χ1n) is 18.6. The van der Waals surface area contributed by atoms with E-state index in [1.54, 1.807) is 0 Å². The Kier molecular flexibility index (Phi) is 11.3. The van der Waals surface area contributed by atoms with Crippen molar-refractivity contribution in [3.63, 3.8) is 0 Å². The molecule has 0 aliphatic carbocycles. The topological polar surface area (TPSA) is 79.3 Å². The Morgan fingerprint density at radius 2 is 1.02 bits per heavy atom. The van der Waals surface area contributed by atoms with Crippen molar-refractivity contribution in [2.75, 3.05) is 14.1 Å². The molecule has 1 aromatic rings. The number of phenols is 1. The molecule has 1 unspecified atom stereocenters. The summed E-state index contributed by atoms with van der Waals surface area (Å²) >= 11 is 0. The van der Waals surface area contributed by atoms with Crippen molar-refractivity contribution in [2.45, 2.75) is 194 Å². The number of phenolic OH excluding ortho intramolecular Hbond substituents is 1.